The molecule has 1 aliphatic carbocycles. The van der Waals surface area contributed by atoms with Gasteiger partial charge in [-0.15, -0.1) is 6.58 Å². The first kappa shape index (κ1) is 9.75. The average Bonchev–Trinajstić information content (AvgIpc) is 2.47. The summed E-state index contributed by atoms with van der Waals surface area (Å²) < 4.78 is 0. The first-order valence-corrected chi connectivity index (χ1v) is 4.68. The highest BCUT2D eigenvalue weighted by Gasteiger charge is 2.41. The van der Waals surface area contributed by atoms with Crippen molar-refractivity contribution < 1.29 is 10.2 Å². The monoisotopic (exact) mass is 170 g/mol. The predicted molar refractivity (Wildman–Crippen MR) is 48.8 cm³/mol. The topological polar surface area (TPSA) is 40.5 Å². The fourth-order valence-corrected chi connectivity index (χ4v) is 2.10. The third-order valence-corrected chi connectivity index (χ3v) is 2.97. The quantitative estimate of drug-likeness (QED) is 0.630. The number of rotatable bonds is 3. The molecule has 2 N–H and O–H groups in total. The highest BCUT2D eigenvalue weighted by atomic mass is 16.3. The van der Waals surface area contributed by atoms with Crippen LogP contribution in [0.15, 0.2) is 12.7 Å². The molecule has 0 heterocycles. The van der Waals surface area contributed by atoms with E-state index in [1.54, 1.807) is 6.08 Å². The maximum atomic E-state index is 9.98. The second-order valence-corrected chi connectivity index (χ2v) is 3.67. The summed E-state index contributed by atoms with van der Waals surface area (Å²) in [6.45, 7) is 5.56. The van der Waals surface area contributed by atoms with E-state index >= 15 is 0 Å². The van der Waals surface area contributed by atoms with Crippen molar-refractivity contribution in [2.75, 3.05) is 0 Å². The fourth-order valence-electron chi connectivity index (χ4n) is 2.10. The van der Waals surface area contributed by atoms with Crippen LogP contribution in [0.5, 0.6) is 0 Å². The molecule has 0 aliphatic heterocycles. The molecule has 1 rings (SSSR count). The Morgan fingerprint density at radius 3 is 2.92 bits per heavy atom. The Hall–Kier alpha value is -0.340. The van der Waals surface area contributed by atoms with Gasteiger partial charge in [0.1, 0.15) is 0 Å². The Morgan fingerprint density at radius 2 is 2.42 bits per heavy atom. The van der Waals surface area contributed by atoms with Crippen LogP contribution in [0.25, 0.3) is 0 Å². The van der Waals surface area contributed by atoms with Crippen LogP contribution in [0.4, 0.5) is 0 Å². The van der Waals surface area contributed by atoms with Crippen LogP contribution in [0.3, 0.4) is 0 Å². The molecule has 3 atom stereocenters. The van der Waals surface area contributed by atoms with Crippen LogP contribution in [0.1, 0.15) is 32.6 Å². The first-order chi connectivity index (χ1) is 5.64. The second kappa shape index (κ2) is 3.58. The van der Waals surface area contributed by atoms with Gasteiger partial charge in [-0.05, 0) is 25.7 Å². The van der Waals surface area contributed by atoms with Crippen LogP contribution in [0, 0.1) is 5.92 Å². The number of hydrogen-bond acceptors (Lipinski definition) is 2. The van der Waals surface area contributed by atoms with Crippen LogP contribution in [-0.4, -0.2) is 21.9 Å². The lowest BCUT2D eigenvalue weighted by Gasteiger charge is -2.29. The second-order valence-electron chi connectivity index (χ2n) is 3.67. The molecule has 1 fully saturated rings. The molecule has 0 aromatic rings. The molecule has 0 spiro atoms. The van der Waals surface area contributed by atoms with Gasteiger partial charge in [-0.2, -0.15) is 0 Å². The van der Waals surface area contributed by atoms with Gasteiger partial charge in [-0.25, -0.2) is 0 Å². The molecule has 0 aromatic heterocycles. The Bertz CT molecular complexity index is 167. The molecule has 0 bridgehead atoms. The van der Waals surface area contributed by atoms with Gasteiger partial charge in [-0.1, -0.05) is 13.0 Å². The Morgan fingerprint density at radius 1 is 1.75 bits per heavy atom. The van der Waals surface area contributed by atoms with Gasteiger partial charge >= 0.3 is 0 Å². The molecule has 0 amide bonds. The molecule has 12 heavy (non-hydrogen) atoms. The van der Waals surface area contributed by atoms with E-state index in [1.807, 2.05) is 6.92 Å². The SMILES string of the molecule is C=C[C@]1(O)CCC[C@@H]1[C@H](O)CC. The van der Waals surface area contributed by atoms with Gasteiger partial charge in [0.05, 0.1) is 11.7 Å². The Balaban J connectivity index is 2.69. The van der Waals surface area contributed by atoms with Crippen LogP contribution in [0.2, 0.25) is 0 Å². The normalized spacial score (nSPS) is 38.1. The molecule has 2 heteroatoms. The van der Waals surface area contributed by atoms with Crippen molar-refractivity contribution >= 4 is 0 Å². The predicted octanol–water partition coefficient (Wildman–Crippen LogP) is 1.47. The fraction of sp³-hybridized carbons (Fsp3) is 0.800. The highest BCUT2D eigenvalue weighted by Crippen LogP contribution is 2.39. The summed E-state index contributed by atoms with van der Waals surface area (Å²) in [7, 11) is 0. The summed E-state index contributed by atoms with van der Waals surface area (Å²) in [4.78, 5) is 0. The van der Waals surface area contributed by atoms with E-state index in [-0.39, 0.29) is 12.0 Å². The van der Waals surface area contributed by atoms with Gasteiger partial charge < -0.3 is 10.2 Å². The average molecular weight is 170 g/mol. The van der Waals surface area contributed by atoms with Crippen molar-refractivity contribution in [3.63, 3.8) is 0 Å². The molecule has 0 unspecified atom stereocenters. The van der Waals surface area contributed by atoms with E-state index < -0.39 is 5.60 Å². The number of aliphatic hydroxyl groups excluding tert-OH is 1. The number of aliphatic hydroxyl groups is 2. The minimum Gasteiger partial charge on any atom is -0.393 e. The van der Waals surface area contributed by atoms with Gasteiger partial charge in [0.15, 0.2) is 0 Å². The summed E-state index contributed by atoms with van der Waals surface area (Å²) in [5, 5.41) is 19.6. The zero-order valence-electron chi connectivity index (χ0n) is 7.66. The van der Waals surface area contributed by atoms with Gasteiger partial charge in [0.25, 0.3) is 0 Å². The van der Waals surface area contributed by atoms with E-state index in [1.165, 1.54) is 0 Å². The molecule has 2 nitrogen and oxygen atoms in total. The molecule has 70 valence electrons. The zero-order chi connectivity index (χ0) is 9.19. The molecule has 0 radical (unpaired) electrons. The molecular weight excluding hydrogens is 152 g/mol. The molecule has 0 aromatic carbocycles. The maximum absolute atomic E-state index is 9.98. The molecule has 0 saturated heterocycles. The van der Waals surface area contributed by atoms with Crippen LogP contribution >= 0.6 is 0 Å². The minimum atomic E-state index is -0.810. The van der Waals surface area contributed by atoms with Crippen molar-refractivity contribution in [2.24, 2.45) is 5.92 Å². The molecular formula is C10H18O2. The minimum absolute atomic E-state index is 0.000000000000000444. The van der Waals surface area contributed by atoms with Crippen molar-refractivity contribution in [3.8, 4) is 0 Å². The van der Waals surface area contributed by atoms with Crippen LogP contribution in [-0.2, 0) is 0 Å². The standard InChI is InChI=1S/C10H18O2/c1-3-9(11)8-6-5-7-10(8,12)4-2/h4,8-9,11-12H,2-3,5-7H2,1H3/t8-,9-,10+/m1/s1. The van der Waals surface area contributed by atoms with E-state index in [4.69, 9.17) is 0 Å². The van der Waals surface area contributed by atoms with Crippen molar-refractivity contribution in [3.05, 3.63) is 12.7 Å². The third kappa shape index (κ3) is 1.54. The smallest absolute Gasteiger partial charge is 0.0877 e. The Labute approximate surface area is 73.9 Å². The number of hydrogen-bond donors (Lipinski definition) is 2. The van der Waals surface area contributed by atoms with Crippen molar-refractivity contribution in [2.45, 2.75) is 44.3 Å². The van der Waals surface area contributed by atoms with Crippen molar-refractivity contribution in [1.82, 2.24) is 0 Å². The molecule has 1 aliphatic rings. The third-order valence-electron chi connectivity index (χ3n) is 2.97. The van der Waals surface area contributed by atoms with Gasteiger partial charge in [-0.3, -0.25) is 0 Å². The van der Waals surface area contributed by atoms with Gasteiger partial charge in [0, 0.05) is 5.92 Å². The largest absolute Gasteiger partial charge is 0.393 e. The van der Waals surface area contributed by atoms with Gasteiger partial charge in [0.2, 0.25) is 0 Å². The lowest BCUT2D eigenvalue weighted by Crippen LogP contribution is -2.37. The lowest BCUT2D eigenvalue weighted by atomic mass is 9.85. The van der Waals surface area contributed by atoms with E-state index in [2.05, 4.69) is 6.58 Å². The van der Waals surface area contributed by atoms with E-state index in [0.717, 1.165) is 19.3 Å². The zero-order valence-corrected chi connectivity index (χ0v) is 7.66. The molecule has 1 saturated carbocycles. The van der Waals surface area contributed by atoms with Crippen LogP contribution < -0.4 is 0 Å². The Kier molecular flexibility index (Phi) is 2.91. The summed E-state index contributed by atoms with van der Waals surface area (Å²) in [5.74, 6) is -0.000000000000000444. The summed E-state index contributed by atoms with van der Waals surface area (Å²) in [5.41, 5.74) is -0.810. The lowest BCUT2D eigenvalue weighted by molar-refractivity contribution is -0.0188. The summed E-state index contributed by atoms with van der Waals surface area (Å²) in [6.07, 6.45) is 4.57. The summed E-state index contributed by atoms with van der Waals surface area (Å²) >= 11 is 0. The highest BCUT2D eigenvalue weighted by molar-refractivity contribution is 5.06. The van der Waals surface area contributed by atoms with E-state index in [9.17, 15) is 10.2 Å². The maximum Gasteiger partial charge on any atom is 0.0877 e. The van der Waals surface area contributed by atoms with Crippen molar-refractivity contribution in [1.29, 1.82) is 0 Å². The summed E-state index contributed by atoms with van der Waals surface area (Å²) in [6, 6.07) is 0. The first-order valence-electron chi connectivity index (χ1n) is 4.68. The van der Waals surface area contributed by atoms with E-state index in [0.29, 0.717) is 6.42 Å².